The summed E-state index contributed by atoms with van der Waals surface area (Å²) in [5.74, 6) is 0.980. The molecule has 0 spiro atoms. The van der Waals surface area contributed by atoms with Crippen LogP contribution in [0.2, 0.25) is 5.02 Å². The quantitative estimate of drug-likeness (QED) is 0.556. The van der Waals surface area contributed by atoms with E-state index in [-0.39, 0.29) is 0 Å². The van der Waals surface area contributed by atoms with Crippen molar-refractivity contribution < 1.29 is 0 Å². The minimum absolute atomic E-state index is 0.505. The van der Waals surface area contributed by atoms with Gasteiger partial charge in [0.2, 0.25) is 0 Å². The number of rotatable bonds is 3. The molecule has 0 bridgehead atoms. The molecule has 3 aromatic rings. The first-order chi connectivity index (χ1) is 14.3. The van der Waals surface area contributed by atoms with Gasteiger partial charge in [0, 0.05) is 40.5 Å². The predicted molar refractivity (Wildman–Crippen MR) is 127 cm³/mol. The van der Waals surface area contributed by atoms with Crippen LogP contribution in [-0.2, 0) is 0 Å². The number of nitrogens with zero attached hydrogens (tertiary/aromatic N) is 3. The summed E-state index contributed by atoms with van der Waals surface area (Å²) in [4.78, 5) is 2.35. The van der Waals surface area contributed by atoms with Gasteiger partial charge in [-0.1, -0.05) is 75.7 Å². The Kier molecular flexibility index (Phi) is 9.36. The number of likely N-dealkylation sites (N-methyl/N-ethyl adjacent to an activating group) is 1. The smallest absolute Gasteiger partial charge is 0.159 e. The third-order valence-corrected chi connectivity index (χ3v) is 5.17. The zero-order valence-corrected chi connectivity index (χ0v) is 19.0. The van der Waals surface area contributed by atoms with Crippen LogP contribution in [0.5, 0.6) is 0 Å². The van der Waals surface area contributed by atoms with E-state index in [4.69, 9.17) is 11.6 Å². The van der Waals surface area contributed by atoms with Gasteiger partial charge < -0.3 is 10.2 Å². The average Bonchev–Trinajstić information content (AvgIpc) is 2.81. The van der Waals surface area contributed by atoms with Crippen molar-refractivity contribution in [2.75, 3.05) is 25.0 Å². The van der Waals surface area contributed by atoms with E-state index in [1.807, 2.05) is 59.0 Å². The third-order valence-electron chi connectivity index (χ3n) is 4.91. The summed E-state index contributed by atoms with van der Waals surface area (Å²) in [5, 5.41) is 15.6. The molecule has 4 nitrogen and oxygen atoms in total. The van der Waals surface area contributed by atoms with Crippen LogP contribution >= 0.6 is 11.6 Å². The maximum absolute atomic E-state index is 6.02. The van der Waals surface area contributed by atoms with E-state index in [0.717, 1.165) is 46.0 Å². The lowest BCUT2D eigenvalue weighted by molar-refractivity contribution is 0.447. The van der Waals surface area contributed by atoms with Gasteiger partial charge >= 0.3 is 0 Å². The number of halogens is 1. The van der Waals surface area contributed by atoms with Crippen molar-refractivity contribution in [1.29, 1.82) is 0 Å². The highest BCUT2D eigenvalue weighted by atomic mass is 35.5. The summed E-state index contributed by atoms with van der Waals surface area (Å²) < 4.78 is 0. The minimum Gasteiger partial charge on any atom is -0.353 e. The number of hydrogen-bond acceptors (Lipinski definition) is 4. The van der Waals surface area contributed by atoms with Crippen molar-refractivity contribution in [2.24, 2.45) is 0 Å². The van der Waals surface area contributed by atoms with Crippen LogP contribution in [0, 0.1) is 0 Å². The van der Waals surface area contributed by atoms with Gasteiger partial charge in [0.25, 0.3) is 0 Å². The average molecular weight is 413 g/mol. The Morgan fingerprint density at radius 3 is 2.24 bits per heavy atom. The van der Waals surface area contributed by atoms with Gasteiger partial charge in [-0.3, -0.25) is 0 Å². The Morgan fingerprint density at radius 2 is 1.59 bits per heavy atom. The Labute approximate surface area is 180 Å². The molecule has 4 rings (SSSR count). The maximum atomic E-state index is 6.02. The Bertz CT molecular complexity index is 880. The third kappa shape index (κ3) is 5.46. The monoisotopic (exact) mass is 412 g/mol. The lowest BCUT2D eigenvalue weighted by Gasteiger charge is -2.33. The summed E-state index contributed by atoms with van der Waals surface area (Å²) in [7, 11) is 2.03. The predicted octanol–water partition coefficient (Wildman–Crippen LogP) is 6.19. The molecule has 0 saturated carbocycles. The molecule has 1 atom stereocenters. The van der Waals surface area contributed by atoms with Gasteiger partial charge in [0.05, 0.1) is 0 Å². The first-order valence-corrected chi connectivity index (χ1v) is 11.1. The van der Waals surface area contributed by atoms with E-state index in [2.05, 4.69) is 44.7 Å². The number of aromatic nitrogens is 2. The second-order valence-electron chi connectivity index (χ2n) is 6.50. The van der Waals surface area contributed by atoms with E-state index in [1.54, 1.807) is 0 Å². The number of fused-ring (bicyclic) bond motifs is 1. The molecule has 2 aromatic carbocycles. The van der Waals surface area contributed by atoms with Crippen molar-refractivity contribution >= 4 is 28.2 Å². The number of benzene rings is 2. The summed E-state index contributed by atoms with van der Waals surface area (Å²) in [6.07, 6.45) is 2.38. The van der Waals surface area contributed by atoms with Crippen molar-refractivity contribution in [1.82, 2.24) is 15.5 Å². The molecule has 1 N–H and O–H groups in total. The fourth-order valence-electron chi connectivity index (χ4n) is 3.55. The van der Waals surface area contributed by atoms with Gasteiger partial charge in [-0.15, -0.1) is 10.2 Å². The van der Waals surface area contributed by atoms with E-state index in [0.29, 0.717) is 6.04 Å². The van der Waals surface area contributed by atoms with Crippen molar-refractivity contribution in [3.05, 3.63) is 53.6 Å². The van der Waals surface area contributed by atoms with Crippen LogP contribution in [0.1, 0.15) is 40.5 Å². The Hall–Kier alpha value is -2.17. The molecule has 1 fully saturated rings. The molecular formula is C24H33ClN4. The molecule has 1 aromatic heterocycles. The highest BCUT2D eigenvalue weighted by Gasteiger charge is 2.22. The summed E-state index contributed by atoms with van der Waals surface area (Å²) in [5.41, 5.74) is 1.93. The summed E-state index contributed by atoms with van der Waals surface area (Å²) in [6.45, 7) is 9.99. The van der Waals surface area contributed by atoms with Gasteiger partial charge in [-0.2, -0.15) is 0 Å². The van der Waals surface area contributed by atoms with Crippen LogP contribution < -0.4 is 10.2 Å². The van der Waals surface area contributed by atoms with Crippen LogP contribution in [0.4, 0.5) is 5.82 Å². The van der Waals surface area contributed by atoms with Crippen molar-refractivity contribution in [3.8, 4) is 11.3 Å². The number of hydrogen-bond donors (Lipinski definition) is 1. The molecule has 2 heterocycles. The summed E-state index contributed by atoms with van der Waals surface area (Å²) in [6, 6.07) is 16.7. The molecule has 156 valence electrons. The van der Waals surface area contributed by atoms with Gasteiger partial charge in [0.1, 0.15) is 5.69 Å². The second kappa shape index (κ2) is 11.7. The molecule has 29 heavy (non-hydrogen) atoms. The Morgan fingerprint density at radius 1 is 0.931 bits per heavy atom. The van der Waals surface area contributed by atoms with Crippen LogP contribution in [0.15, 0.2) is 48.5 Å². The Balaban J connectivity index is 0.000000707. The number of anilines is 1. The van der Waals surface area contributed by atoms with Crippen molar-refractivity contribution in [2.45, 2.75) is 46.6 Å². The minimum atomic E-state index is 0.505. The fourth-order valence-corrected chi connectivity index (χ4v) is 3.68. The van der Waals surface area contributed by atoms with Crippen LogP contribution in [0.3, 0.4) is 0 Å². The molecule has 1 saturated heterocycles. The number of piperidine rings is 1. The fraction of sp³-hybridized carbons (Fsp3) is 0.417. The van der Waals surface area contributed by atoms with E-state index >= 15 is 0 Å². The maximum Gasteiger partial charge on any atom is 0.159 e. The van der Waals surface area contributed by atoms with Crippen LogP contribution in [0.25, 0.3) is 22.0 Å². The molecule has 0 radical (unpaired) electrons. The van der Waals surface area contributed by atoms with E-state index < -0.39 is 0 Å². The normalized spacial score (nSPS) is 15.8. The first-order valence-electron chi connectivity index (χ1n) is 10.7. The zero-order valence-electron chi connectivity index (χ0n) is 18.2. The zero-order chi connectivity index (χ0) is 21.2. The lowest BCUT2D eigenvalue weighted by atomic mass is 10.0. The highest BCUT2D eigenvalue weighted by Crippen LogP contribution is 2.32. The van der Waals surface area contributed by atoms with Gasteiger partial charge in [-0.05, 0) is 32.0 Å². The molecule has 1 aliphatic rings. The molecular weight excluding hydrogens is 380 g/mol. The molecule has 0 aliphatic carbocycles. The number of nitrogens with one attached hydrogen (secondary N) is 1. The van der Waals surface area contributed by atoms with Crippen molar-refractivity contribution in [3.63, 3.8) is 0 Å². The highest BCUT2D eigenvalue weighted by molar-refractivity contribution is 6.30. The standard InChI is InChI=1S/C20H21ClN4.2C2H6/c1-22-16-5-4-12-25(13-16)20-18-7-3-2-6-17(18)19(23-24-20)14-8-10-15(21)11-9-14;2*1-2/h2-3,6-11,16,22H,4-5,12-13H2,1H3;2*1-2H3. The molecule has 1 aliphatic heterocycles. The summed E-state index contributed by atoms with van der Waals surface area (Å²) >= 11 is 6.02. The first kappa shape index (κ1) is 23.1. The second-order valence-corrected chi connectivity index (χ2v) is 6.93. The van der Waals surface area contributed by atoms with Gasteiger partial charge in [-0.25, -0.2) is 0 Å². The molecule has 1 unspecified atom stereocenters. The van der Waals surface area contributed by atoms with E-state index in [9.17, 15) is 0 Å². The van der Waals surface area contributed by atoms with E-state index in [1.165, 1.54) is 12.8 Å². The molecule has 5 heteroatoms. The SMILES string of the molecule is CC.CC.CNC1CCCN(c2nnc(-c3ccc(Cl)cc3)c3ccccc23)C1. The van der Waals surface area contributed by atoms with Gasteiger partial charge in [0.15, 0.2) is 5.82 Å². The molecule has 0 amide bonds. The topological polar surface area (TPSA) is 41.0 Å². The lowest BCUT2D eigenvalue weighted by Crippen LogP contribution is -2.44. The largest absolute Gasteiger partial charge is 0.353 e. The van der Waals surface area contributed by atoms with Crippen LogP contribution in [-0.4, -0.2) is 36.4 Å².